The van der Waals surface area contributed by atoms with Gasteiger partial charge in [-0.25, -0.2) is 0 Å². The third kappa shape index (κ3) is 12.8. The summed E-state index contributed by atoms with van der Waals surface area (Å²) in [6, 6.07) is 22.4. The first kappa shape index (κ1) is 33.0. The quantitative estimate of drug-likeness (QED) is 0.258. The summed E-state index contributed by atoms with van der Waals surface area (Å²) in [6.07, 6.45) is 6.24. The number of nitrogens with two attached hydrogens (primary N) is 1. The highest BCUT2D eigenvalue weighted by Crippen LogP contribution is 2.32. The Kier molecular flexibility index (Phi) is 15.7. The summed E-state index contributed by atoms with van der Waals surface area (Å²) in [5, 5.41) is 4.33. The molecule has 1 saturated heterocycles. The van der Waals surface area contributed by atoms with Gasteiger partial charge in [-0.2, -0.15) is 0 Å². The van der Waals surface area contributed by atoms with Crippen LogP contribution in [0.5, 0.6) is 11.5 Å². The molecule has 216 valence electrons. The summed E-state index contributed by atoms with van der Waals surface area (Å²) in [5.41, 5.74) is 6.46. The van der Waals surface area contributed by atoms with E-state index in [-0.39, 0.29) is 12.5 Å². The van der Waals surface area contributed by atoms with Crippen molar-refractivity contribution in [3.8, 4) is 11.5 Å². The van der Waals surface area contributed by atoms with E-state index < -0.39 is 0 Å². The van der Waals surface area contributed by atoms with Gasteiger partial charge in [0.1, 0.15) is 5.75 Å². The van der Waals surface area contributed by atoms with Crippen molar-refractivity contribution in [2.24, 2.45) is 5.73 Å². The highest BCUT2D eigenvalue weighted by Gasteiger charge is 2.12. The lowest BCUT2D eigenvalue weighted by Crippen LogP contribution is -2.33. The SMILES string of the molecule is C=CN.CCCN1CCCC1.CN(CCc1ccccc1)C(=O)CNc1cc(Cl)ccc1Oc1ccc(Cl)cc1. The summed E-state index contributed by atoms with van der Waals surface area (Å²) in [4.78, 5) is 16.8. The number of rotatable bonds is 10. The monoisotopic (exact) mass is 584 g/mol. The number of ether oxygens (including phenoxy) is 1. The van der Waals surface area contributed by atoms with E-state index in [2.05, 4.69) is 41.6 Å². The minimum Gasteiger partial charge on any atom is -0.455 e. The fraction of sp³-hybridized carbons (Fsp3) is 0.344. The van der Waals surface area contributed by atoms with Crippen LogP contribution in [0.4, 0.5) is 5.69 Å². The molecule has 40 heavy (non-hydrogen) atoms. The van der Waals surface area contributed by atoms with Crippen molar-refractivity contribution in [1.82, 2.24) is 9.80 Å². The minimum absolute atomic E-state index is 0.0154. The number of likely N-dealkylation sites (tertiary alicyclic amines) is 1. The van der Waals surface area contributed by atoms with Gasteiger partial charge in [-0.05, 0) is 99.5 Å². The Labute approximate surface area is 249 Å². The second kappa shape index (κ2) is 19.0. The van der Waals surface area contributed by atoms with Crippen LogP contribution in [0.1, 0.15) is 31.7 Å². The number of carbonyl (C=O) groups is 1. The lowest BCUT2D eigenvalue weighted by molar-refractivity contribution is -0.127. The zero-order valence-electron chi connectivity index (χ0n) is 23.6. The van der Waals surface area contributed by atoms with Crippen LogP contribution < -0.4 is 15.8 Å². The number of hydrogen-bond acceptors (Lipinski definition) is 5. The van der Waals surface area contributed by atoms with Gasteiger partial charge < -0.3 is 25.6 Å². The minimum atomic E-state index is -0.0154. The maximum absolute atomic E-state index is 12.5. The largest absolute Gasteiger partial charge is 0.455 e. The first-order chi connectivity index (χ1) is 19.4. The van der Waals surface area contributed by atoms with Gasteiger partial charge in [-0.3, -0.25) is 4.79 Å². The Hall–Kier alpha value is -3.19. The second-order valence-electron chi connectivity index (χ2n) is 9.39. The first-order valence-corrected chi connectivity index (χ1v) is 14.4. The van der Waals surface area contributed by atoms with Crippen molar-refractivity contribution in [1.29, 1.82) is 0 Å². The molecular weight excluding hydrogens is 543 g/mol. The maximum atomic E-state index is 12.5. The van der Waals surface area contributed by atoms with Gasteiger partial charge in [-0.15, -0.1) is 0 Å². The summed E-state index contributed by atoms with van der Waals surface area (Å²) in [7, 11) is 1.80. The molecule has 0 saturated carbocycles. The normalized spacial score (nSPS) is 12.3. The molecule has 0 aliphatic carbocycles. The highest BCUT2D eigenvalue weighted by molar-refractivity contribution is 6.31. The van der Waals surface area contributed by atoms with Crippen LogP contribution in [-0.2, 0) is 11.2 Å². The number of halogens is 2. The van der Waals surface area contributed by atoms with Crippen molar-refractivity contribution in [3.63, 3.8) is 0 Å². The molecule has 1 fully saturated rings. The fourth-order valence-electron chi connectivity index (χ4n) is 4.05. The fourth-order valence-corrected chi connectivity index (χ4v) is 4.35. The molecule has 0 unspecified atom stereocenters. The molecule has 4 rings (SSSR count). The highest BCUT2D eigenvalue weighted by atomic mass is 35.5. The Morgan fingerprint density at radius 3 is 2.30 bits per heavy atom. The summed E-state index contributed by atoms with van der Waals surface area (Å²) < 4.78 is 5.91. The molecule has 0 aromatic heterocycles. The van der Waals surface area contributed by atoms with E-state index in [4.69, 9.17) is 27.9 Å². The van der Waals surface area contributed by atoms with E-state index in [0.29, 0.717) is 33.8 Å². The zero-order chi connectivity index (χ0) is 29.2. The van der Waals surface area contributed by atoms with Crippen molar-refractivity contribution in [2.45, 2.75) is 32.6 Å². The molecule has 6 nitrogen and oxygen atoms in total. The van der Waals surface area contributed by atoms with Gasteiger partial charge in [0, 0.05) is 23.6 Å². The predicted octanol–water partition coefficient (Wildman–Crippen LogP) is 7.48. The van der Waals surface area contributed by atoms with Gasteiger partial charge in [0.15, 0.2) is 5.75 Å². The number of anilines is 1. The summed E-state index contributed by atoms with van der Waals surface area (Å²) in [6.45, 7) is 10.2. The van der Waals surface area contributed by atoms with Crippen molar-refractivity contribution >= 4 is 34.8 Å². The average molecular weight is 586 g/mol. The topological polar surface area (TPSA) is 70.8 Å². The van der Waals surface area contributed by atoms with Crippen molar-refractivity contribution in [3.05, 3.63) is 101 Å². The van der Waals surface area contributed by atoms with E-state index in [1.807, 2.05) is 18.2 Å². The van der Waals surface area contributed by atoms with Crippen LogP contribution in [0.3, 0.4) is 0 Å². The Bertz CT molecular complexity index is 1140. The summed E-state index contributed by atoms with van der Waals surface area (Å²) in [5.74, 6) is 1.21. The van der Waals surface area contributed by atoms with Crippen LogP contribution >= 0.6 is 23.2 Å². The molecule has 8 heteroatoms. The molecule has 1 amide bonds. The number of likely N-dealkylation sites (N-methyl/N-ethyl adjacent to an activating group) is 1. The molecule has 3 N–H and O–H groups in total. The Balaban J connectivity index is 0.000000427. The molecule has 0 bridgehead atoms. The maximum Gasteiger partial charge on any atom is 0.241 e. The third-order valence-corrected chi connectivity index (χ3v) is 6.64. The van der Waals surface area contributed by atoms with Crippen LogP contribution in [-0.4, -0.2) is 55.5 Å². The standard InChI is InChI=1S/C23H22Cl2N2O2.C7H15N.C2H5N/c1-27(14-13-17-5-3-2-4-6-17)23(28)16-26-21-15-19(25)9-12-22(21)29-20-10-7-18(24)8-11-20;1-2-5-8-6-3-4-7-8;1-2-3/h2-12,15,26H,13-14,16H2,1H3;2-7H2,1H3;2H,1,3H2. The van der Waals surface area contributed by atoms with Crippen LogP contribution in [0.25, 0.3) is 0 Å². The van der Waals surface area contributed by atoms with E-state index in [1.165, 1.54) is 50.7 Å². The van der Waals surface area contributed by atoms with Crippen LogP contribution in [0, 0.1) is 0 Å². The van der Waals surface area contributed by atoms with Gasteiger partial charge >= 0.3 is 0 Å². The predicted molar refractivity (Wildman–Crippen MR) is 170 cm³/mol. The lowest BCUT2D eigenvalue weighted by atomic mass is 10.1. The number of benzene rings is 3. The first-order valence-electron chi connectivity index (χ1n) is 13.7. The Morgan fingerprint density at radius 2 is 1.68 bits per heavy atom. The zero-order valence-corrected chi connectivity index (χ0v) is 25.1. The summed E-state index contributed by atoms with van der Waals surface area (Å²) >= 11 is 12.0. The number of nitrogens with zero attached hydrogens (tertiary/aromatic N) is 2. The van der Waals surface area contributed by atoms with Gasteiger partial charge in [0.2, 0.25) is 5.91 Å². The second-order valence-corrected chi connectivity index (χ2v) is 10.3. The molecule has 3 aromatic carbocycles. The van der Waals surface area contributed by atoms with E-state index in [9.17, 15) is 4.79 Å². The Morgan fingerprint density at radius 1 is 1.05 bits per heavy atom. The molecule has 1 aliphatic rings. The number of carbonyl (C=O) groups excluding carboxylic acids is 1. The number of amides is 1. The molecule has 0 atom stereocenters. The lowest BCUT2D eigenvalue weighted by Gasteiger charge is -2.19. The average Bonchev–Trinajstić information content (AvgIpc) is 3.48. The van der Waals surface area contributed by atoms with Crippen LogP contribution in [0.15, 0.2) is 85.6 Å². The van der Waals surface area contributed by atoms with Gasteiger partial charge in [0.25, 0.3) is 0 Å². The number of nitrogens with one attached hydrogen (secondary N) is 1. The van der Waals surface area contributed by atoms with Gasteiger partial charge in [0.05, 0.1) is 12.2 Å². The number of hydrogen-bond donors (Lipinski definition) is 2. The third-order valence-electron chi connectivity index (χ3n) is 6.16. The molecule has 1 aliphatic heterocycles. The van der Waals surface area contributed by atoms with E-state index in [1.54, 1.807) is 54.4 Å². The molecule has 0 spiro atoms. The van der Waals surface area contributed by atoms with Crippen molar-refractivity contribution < 1.29 is 9.53 Å². The van der Waals surface area contributed by atoms with Crippen molar-refractivity contribution in [2.75, 3.05) is 45.1 Å². The van der Waals surface area contributed by atoms with Crippen LogP contribution in [0.2, 0.25) is 10.0 Å². The molecular formula is C32H42Cl2N4O2. The molecule has 1 heterocycles. The van der Waals surface area contributed by atoms with Gasteiger partial charge in [-0.1, -0.05) is 67.0 Å². The molecule has 0 radical (unpaired) electrons. The molecule has 3 aromatic rings. The smallest absolute Gasteiger partial charge is 0.241 e. The van der Waals surface area contributed by atoms with E-state index >= 15 is 0 Å². The van der Waals surface area contributed by atoms with E-state index in [0.717, 1.165) is 6.42 Å².